The molecule has 0 spiro atoms. The van der Waals surface area contributed by atoms with E-state index >= 15 is 0 Å². The summed E-state index contributed by atoms with van der Waals surface area (Å²) in [5.74, 6) is 0.104. The molecule has 4 heterocycles. The number of hydrogen-bond acceptors (Lipinski definition) is 6. The lowest BCUT2D eigenvalue weighted by Gasteiger charge is -2.16. The van der Waals surface area contributed by atoms with Crippen molar-refractivity contribution >= 4 is 22.2 Å². The van der Waals surface area contributed by atoms with Crippen molar-refractivity contribution in [3.05, 3.63) is 72.5 Å². The Bertz CT molecular complexity index is 1340. The minimum Gasteiger partial charge on any atom is -0.466 e. The van der Waals surface area contributed by atoms with Crippen LogP contribution in [-0.2, 0) is 6.61 Å². The summed E-state index contributed by atoms with van der Waals surface area (Å²) in [7, 11) is 0. The Kier molecular flexibility index (Phi) is 4.06. The van der Waals surface area contributed by atoms with Crippen LogP contribution in [0.5, 0.6) is 0 Å². The highest BCUT2D eigenvalue weighted by atomic mass is 19.1. The smallest absolute Gasteiger partial charge is 0.197 e. The van der Waals surface area contributed by atoms with E-state index in [-0.39, 0.29) is 18.5 Å². The molecule has 0 aliphatic heterocycles. The molecule has 1 atom stereocenters. The molecule has 0 amide bonds. The van der Waals surface area contributed by atoms with Gasteiger partial charge in [0.1, 0.15) is 24.4 Å². The number of benzene rings is 1. The predicted octanol–water partition coefficient (Wildman–Crippen LogP) is 3.88. The first-order valence-electron chi connectivity index (χ1n) is 9.06. The lowest BCUT2D eigenvalue weighted by molar-refractivity contribution is 0.247. The van der Waals surface area contributed by atoms with Crippen LogP contribution in [0.1, 0.15) is 24.3 Å². The van der Waals surface area contributed by atoms with E-state index < -0.39 is 0 Å². The first-order chi connectivity index (χ1) is 14.1. The zero-order valence-electron chi connectivity index (χ0n) is 15.5. The topological polar surface area (TPSA) is 89.9 Å². The van der Waals surface area contributed by atoms with Gasteiger partial charge in [-0.1, -0.05) is 6.07 Å². The van der Waals surface area contributed by atoms with E-state index in [0.717, 1.165) is 5.39 Å². The molecular formula is C21H16FN5O2. The van der Waals surface area contributed by atoms with Crippen molar-refractivity contribution in [3.8, 4) is 11.3 Å². The summed E-state index contributed by atoms with van der Waals surface area (Å²) >= 11 is 0. The van der Waals surface area contributed by atoms with Crippen molar-refractivity contribution in [2.45, 2.75) is 19.6 Å². The molecule has 5 aromatic rings. The highest BCUT2D eigenvalue weighted by Crippen LogP contribution is 2.28. The van der Waals surface area contributed by atoms with Crippen molar-refractivity contribution < 1.29 is 13.9 Å². The van der Waals surface area contributed by atoms with Crippen LogP contribution in [0.2, 0.25) is 0 Å². The standard InChI is InChI=1S/C21H16FN5O2/c1-12(16-6-13-3-2-4-23-18(13)7-17(16)22)27-11-25-20-21(27)26-19(8-24-20)14-5-15(9-28)29-10-14/h2-8,10-12,28H,9H2,1H3. The second-order valence-corrected chi connectivity index (χ2v) is 6.76. The van der Waals surface area contributed by atoms with Gasteiger partial charge < -0.3 is 14.1 Å². The lowest BCUT2D eigenvalue weighted by Crippen LogP contribution is -2.09. The molecule has 8 heteroatoms. The first kappa shape index (κ1) is 17.4. The van der Waals surface area contributed by atoms with Gasteiger partial charge in [-0.25, -0.2) is 19.3 Å². The van der Waals surface area contributed by atoms with Crippen LogP contribution in [-0.4, -0.2) is 29.6 Å². The number of imidazole rings is 1. The Morgan fingerprint density at radius 1 is 1.21 bits per heavy atom. The lowest BCUT2D eigenvalue weighted by atomic mass is 10.0. The largest absolute Gasteiger partial charge is 0.466 e. The molecule has 1 aromatic carbocycles. The zero-order valence-corrected chi connectivity index (χ0v) is 15.5. The minimum atomic E-state index is -0.355. The normalized spacial score (nSPS) is 12.7. The van der Waals surface area contributed by atoms with Crippen molar-refractivity contribution in [2.24, 2.45) is 0 Å². The van der Waals surface area contributed by atoms with Gasteiger partial charge in [-0.05, 0) is 25.1 Å². The maximum Gasteiger partial charge on any atom is 0.197 e. The first-order valence-corrected chi connectivity index (χ1v) is 9.06. The second-order valence-electron chi connectivity index (χ2n) is 6.76. The number of furan rings is 1. The Labute approximate surface area is 164 Å². The third kappa shape index (κ3) is 2.94. The molecule has 29 heavy (non-hydrogen) atoms. The maximum atomic E-state index is 14.8. The molecule has 1 N–H and O–H groups in total. The van der Waals surface area contributed by atoms with Gasteiger partial charge in [0.15, 0.2) is 11.3 Å². The Hall–Kier alpha value is -3.65. The summed E-state index contributed by atoms with van der Waals surface area (Å²) in [5, 5.41) is 10.1. The number of aliphatic hydroxyl groups is 1. The van der Waals surface area contributed by atoms with Gasteiger partial charge in [-0.3, -0.25) is 4.98 Å². The number of pyridine rings is 1. The summed E-state index contributed by atoms with van der Waals surface area (Å²) in [6.45, 7) is 1.69. The van der Waals surface area contributed by atoms with Gasteiger partial charge in [0.25, 0.3) is 0 Å². The number of rotatable bonds is 4. The average Bonchev–Trinajstić information content (AvgIpc) is 3.39. The molecule has 0 bridgehead atoms. The summed E-state index contributed by atoms with van der Waals surface area (Å²) in [6.07, 6.45) is 6.37. The highest BCUT2D eigenvalue weighted by Gasteiger charge is 2.19. The molecule has 0 saturated heterocycles. The molecule has 1 unspecified atom stereocenters. The van der Waals surface area contributed by atoms with Crippen LogP contribution in [0.4, 0.5) is 4.39 Å². The number of nitrogens with zero attached hydrogens (tertiary/aromatic N) is 5. The van der Waals surface area contributed by atoms with Gasteiger partial charge in [-0.2, -0.15) is 0 Å². The SMILES string of the molecule is CC(c1cc2cccnc2cc1F)n1cnc2ncc(-c3coc(CO)c3)nc21. The van der Waals surface area contributed by atoms with E-state index in [1.165, 1.54) is 12.3 Å². The quantitative estimate of drug-likeness (QED) is 0.502. The predicted molar refractivity (Wildman–Crippen MR) is 104 cm³/mol. The van der Waals surface area contributed by atoms with Crippen molar-refractivity contribution in [1.29, 1.82) is 0 Å². The summed E-state index contributed by atoms with van der Waals surface area (Å²) in [6, 6.07) is 8.32. The van der Waals surface area contributed by atoms with Crippen LogP contribution in [0.25, 0.3) is 33.5 Å². The second kappa shape index (κ2) is 6.75. The molecule has 5 rings (SSSR count). The van der Waals surface area contributed by atoms with Crippen LogP contribution < -0.4 is 0 Å². The molecule has 0 aliphatic rings. The number of halogens is 1. The number of aromatic nitrogens is 5. The molecule has 144 valence electrons. The van der Waals surface area contributed by atoms with Crippen LogP contribution in [0, 0.1) is 5.82 Å². The van der Waals surface area contributed by atoms with E-state index in [0.29, 0.717) is 39.4 Å². The number of fused-ring (bicyclic) bond motifs is 2. The molecule has 0 aliphatic carbocycles. The fourth-order valence-corrected chi connectivity index (χ4v) is 3.41. The van der Waals surface area contributed by atoms with Gasteiger partial charge in [0.2, 0.25) is 0 Å². The molecule has 0 radical (unpaired) electrons. The van der Waals surface area contributed by atoms with Gasteiger partial charge >= 0.3 is 0 Å². The molecular weight excluding hydrogens is 373 g/mol. The van der Waals surface area contributed by atoms with Gasteiger partial charge in [-0.15, -0.1) is 0 Å². The summed E-state index contributed by atoms with van der Waals surface area (Å²) in [4.78, 5) is 17.5. The molecule has 7 nitrogen and oxygen atoms in total. The number of hydrogen-bond donors (Lipinski definition) is 1. The molecule has 4 aromatic heterocycles. The summed E-state index contributed by atoms with van der Waals surface area (Å²) in [5.41, 5.74) is 3.41. The fourth-order valence-electron chi connectivity index (χ4n) is 3.41. The Balaban J connectivity index is 1.61. The van der Waals surface area contributed by atoms with E-state index in [9.17, 15) is 9.50 Å². The van der Waals surface area contributed by atoms with Crippen LogP contribution in [0.3, 0.4) is 0 Å². The third-order valence-electron chi connectivity index (χ3n) is 4.98. The minimum absolute atomic E-state index is 0.194. The molecule has 0 saturated carbocycles. The third-order valence-corrected chi connectivity index (χ3v) is 4.98. The van der Waals surface area contributed by atoms with Crippen LogP contribution >= 0.6 is 0 Å². The summed E-state index contributed by atoms with van der Waals surface area (Å²) < 4.78 is 21.9. The van der Waals surface area contributed by atoms with E-state index in [1.807, 2.05) is 19.1 Å². The zero-order chi connectivity index (χ0) is 20.0. The van der Waals surface area contributed by atoms with Gasteiger partial charge in [0, 0.05) is 28.8 Å². The van der Waals surface area contributed by atoms with E-state index in [2.05, 4.69) is 19.9 Å². The van der Waals surface area contributed by atoms with Crippen molar-refractivity contribution in [2.75, 3.05) is 0 Å². The average molecular weight is 389 g/mol. The fraction of sp³-hybridized carbons (Fsp3) is 0.143. The Morgan fingerprint density at radius 2 is 2.10 bits per heavy atom. The highest BCUT2D eigenvalue weighted by molar-refractivity contribution is 5.79. The van der Waals surface area contributed by atoms with E-state index in [1.54, 1.807) is 35.4 Å². The van der Waals surface area contributed by atoms with Crippen LogP contribution in [0.15, 0.2) is 59.7 Å². The maximum absolute atomic E-state index is 14.8. The van der Waals surface area contributed by atoms with Crippen molar-refractivity contribution in [3.63, 3.8) is 0 Å². The molecule has 0 fully saturated rings. The van der Waals surface area contributed by atoms with Gasteiger partial charge in [0.05, 0.1) is 29.8 Å². The Morgan fingerprint density at radius 3 is 2.93 bits per heavy atom. The monoisotopic (exact) mass is 389 g/mol. The number of aliphatic hydroxyl groups excluding tert-OH is 1. The van der Waals surface area contributed by atoms with E-state index in [4.69, 9.17) is 4.42 Å². The van der Waals surface area contributed by atoms with Crippen molar-refractivity contribution in [1.82, 2.24) is 24.5 Å².